The number of rotatable bonds is 3. The molecule has 7 heteroatoms. The summed E-state index contributed by atoms with van der Waals surface area (Å²) in [6.45, 7) is 1.66. The summed E-state index contributed by atoms with van der Waals surface area (Å²) in [6, 6.07) is 3.26. The molecule has 1 amide bonds. The third kappa shape index (κ3) is 2.59. The number of halogens is 1. The number of H-pyrrole nitrogens is 1. The van der Waals surface area contributed by atoms with E-state index in [1.54, 1.807) is 6.92 Å². The first-order chi connectivity index (χ1) is 8.99. The van der Waals surface area contributed by atoms with Gasteiger partial charge in [-0.2, -0.15) is 5.10 Å². The Morgan fingerprint density at radius 3 is 2.68 bits per heavy atom. The number of carbonyl (C=O) groups excluding carboxylic acids is 1. The number of carboxylic acid groups (broad SMARTS) is 1. The van der Waals surface area contributed by atoms with Gasteiger partial charge in [0, 0.05) is 5.69 Å². The van der Waals surface area contributed by atoms with Crippen LogP contribution >= 0.6 is 0 Å². The lowest BCUT2D eigenvalue weighted by Crippen LogP contribution is -2.13. The number of aromatic nitrogens is 2. The molecule has 6 nitrogen and oxygen atoms in total. The Hall–Kier alpha value is -2.70. The summed E-state index contributed by atoms with van der Waals surface area (Å²) >= 11 is 0. The molecular formula is C12H10FN3O3. The van der Waals surface area contributed by atoms with Gasteiger partial charge in [-0.15, -0.1) is 0 Å². The molecule has 0 aliphatic carbocycles. The van der Waals surface area contributed by atoms with Gasteiger partial charge >= 0.3 is 5.97 Å². The molecule has 1 aromatic carbocycles. The standard InChI is InChI=1S/C12H10FN3O3/c1-6-8(5-14-16-6)11(17)15-10-3-2-7(12(18)19)4-9(10)13/h2-5H,1H3,(H,14,16)(H,15,17)(H,18,19). The highest BCUT2D eigenvalue weighted by Crippen LogP contribution is 2.17. The van der Waals surface area contributed by atoms with E-state index in [0.717, 1.165) is 6.07 Å². The summed E-state index contributed by atoms with van der Waals surface area (Å²) in [4.78, 5) is 22.5. The van der Waals surface area contributed by atoms with E-state index in [-0.39, 0.29) is 11.3 Å². The molecule has 0 saturated carbocycles. The van der Waals surface area contributed by atoms with Gasteiger partial charge < -0.3 is 10.4 Å². The fourth-order valence-corrected chi connectivity index (χ4v) is 1.52. The molecule has 0 unspecified atom stereocenters. The molecule has 0 bridgehead atoms. The van der Waals surface area contributed by atoms with Crippen molar-refractivity contribution in [1.82, 2.24) is 10.2 Å². The smallest absolute Gasteiger partial charge is 0.335 e. The number of anilines is 1. The van der Waals surface area contributed by atoms with Crippen molar-refractivity contribution in [3.8, 4) is 0 Å². The summed E-state index contributed by atoms with van der Waals surface area (Å²) in [6.07, 6.45) is 1.33. The average molecular weight is 263 g/mol. The Labute approximate surface area is 107 Å². The van der Waals surface area contributed by atoms with Gasteiger partial charge in [0.1, 0.15) is 5.82 Å². The number of hydrogen-bond donors (Lipinski definition) is 3. The molecule has 0 saturated heterocycles. The van der Waals surface area contributed by atoms with Crippen molar-refractivity contribution in [3.05, 3.63) is 47.0 Å². The lowest BCUT2D eigenvalue weighted by atomic mass is 10.2. The van der Waals surface area contributed by atoms with Gasteiger partial charge in [0.05, 0.1) is 23.0 Å². The van der Waals surface area contributed by atoms with Crippen molar-refractivity contribution in [2.75, 3.05) is 5.32 Å². The Kier molecular flexibility index (Phi) is 3.28. The number of carboxylic acids is 1. The van der Waals surface area contributed by atoms with E-state index in [1.807, 2.05) is 0 Å². The van der Waals surface area contributed by atoms with Crippen LogP contribution in [0.5, 0.6) is 0 Å². The van der Waals surface area contributed by atoms with Crippen LogP contribution in [0.25, 0.3) is 0 Å². The van der Waals surface area contributed by atoms with Crippen LogP contribution in [0.2, 0.25) is 0 Å². The number of aryl methyl sites for hydroxylation is 1. The number of amides is 1. The summed E-state index contributed by atoms with van der Waals surface area (Å²) in [5.41, 5.74) is 0.576. The lowest BCUT2D eigenvalue weighted by Gasteiger charge is -2.06. The zero-order valence-electron chi connectivity index (χ0n) is 9.90. The highest BCUT2D eigenvalue weighted by Gasteiger charge is 2.14. The van der Waals surface area contributed by atoms with Crippen molar-refractivity contribution in [2.24, 2.45) is 0 Å². The van der Waals surface area contributed by atoms with E-state index < -0.39 is 17.7 Å². The number of aromatic amines is 1. The number of hydrogen-bond acceptors (Lipinski definition) is 3. The first kappa shape index (κ1) is 12.7. The molecule has 2 aromatic rings. The molecule has 0 atom stereocenters. The van der Waals surface area contributed by atoms with Gasteiger partial charge in [0.25, 0.3) is 5.91 Å². The number of benzene rings is 1. The number of aromatic carboxylic acids is 1. The number of carbonyl (C=O) groups is 2. The monoisotopic (exact) mass is 263 g/mol. The maximum Gasteiger partial charge on any atom is 0.335 e. The van der Waals surface area contributed by atoms with Crippen LogP contribution in [-0.4, -0.2) is 27.2 Å². The third-order valence-corrected chi connectivity index (χ3v) is 2.54. The van der Waals surface area contributed by atoms with Crippen molar-refractivity contribution in [2.45, 2.75) is 6.92 Å². The van der Waals surface area contributed by atoms with Crippen molar-refractivity contribution in [1.29, 1.82) is 0 Å². The number of nitrogens with one attached hydrogen (secondary N) is 2. The Bertz CT molecular complexity index is 651. The second kappa shape index (κ2) is 4.89. The van der Waals surface area contributed by atoms with Crippen LogP contribution in [0.1, 0.15) is 26.4 Å². The molecule has 2 rings (SSSR count). The van der Waals surface area contributed by atoms with Gasteiger partial charge in [-0.25, -0.2) is 9.18 Å². The van der Waals surface area contributed by atoms with E-state index >= 15 is 0 Å². The summed E-state index contributed by atoms with van der Waals surface area (Å²) < 4.78 is 13.6. The molecule has 19 heavy (non-hydrogen) atoms. The first-order valence-electron chi connectivity index (χ1n) is 5.33. The lowest BCUT2D eigenvalue weighted by molar-refractivity contribution is 0.0696. The van der Waals surface area contributed by atoms with Gasteiger partial charge in [-0.1, -0.05) is 0 Å². The molecule has 0 spiro atoms. The van der Waals surface area contributed by atoms with Crippen molar-refractivity contribution in [3.63, 3.8) is 0 Å². The highest BCUT2D eigenvalue weighted by molar-refractivity contribution is 6.05. The zero-order valence-corrected chi connectivity index (χ0v) is 9.90. The zero-order chi connectivity index (χ0) is 14.0. The van der Waals surface area contributed by atoms with Crippen LogP contribution in [0.3, 0.4) is 0 Å². The molecular weight excluding hydrogens is 253 g/mol. The maximum absolute atomic E-state index is 13.6. The molecule has 0 aliphatic heterocycles. The molecule has 0 fully saturated rings. The van der Waals surface area contributed by atoms with Crippen LogP contribution in [0.15, 0.2) is 24.4 Å². The van der Waals surface area contributed by atoms with E-state index in [9.17, 15) is 14.0 Å². The highest BCUT2D eigenvalue weighted by atomic mass is 19.1. The minimum atomic E-state index is -1.23. The SMILES string of the molecule is Cc1[nH]ncc1C(=O)Nc1ccc(C(=O)O)cc1F. The van der Waals surface area contributed by atoms with Gasteiger partial charge in [-0.3, -0.25) is 9.89 Å². The first-order valence-corrected chi connectivity index (χ1v) is 5.33. The van der Waals surface area contributed by atoms with Crippen molar-refractivity contribution < 1.29 is 19.1 Å². The van der Waals surface area contributed by atoms with Crippen LogP contribution in [0.4, 0.5) is 10.1 Å². The predicted molar refractivity (Wildman–Crippen MR) is 64.6 cm³/mol. The predicted octanol–water partition coefficient (Wildman–Crippen LogP) is 1.81. The Balaban J connectivity index is 2.23. The average Bonchev–Trinajstić information content (AvgIpc) is 2.77. The van der Waals surface area contributed by atoms with E-state index in [2.05, 4.69) is 15.5 Å². The van der Waals surface area contributed by atoms with E-state index in [0.29, 0.717) is 11.3 Å². The number of nitrogens with zero attached hydrogens (tertiary/aromatic N) is 1. The van der Waals surface area contributed by atoms with Crippen LogP contribution in [-0.2, 0) is 0 Å². The Morgan fingerprint density at radius 1 is 1.42 bits per heavy atom. The minimum Gasteiger partial charge on any atom is -0.478 e. The normalized spacial score (nSPS) is 10.2. The fraction of sp³-hybridized carbons (Fsp3) is 0.0833. The van der Waals surface area contributed by atoms with Crippen LogP contribution in [0, 0.1) is 12.7 Å². The molecule has 0 radical (unpaired) electrons. The van der Waals surface area contributed by atoms with Crippen molar-refractivity contribution >= 4 is 17.6 Å². The van der Waals surface area contributed by atoms with Gasteiger partial charge in [0.2, 0.25) is 0 Å². The molecule has 0 aliphatic rings. The second-order valence-corrected chi connectivity index (χ2v) is 3.86. The van der Waals surface area contributed by atoms with Gasteiger partial charge in [0.15, 0.2) is 0 Å². The van der Waals surface area contributed by atoms with Gasteiger partial charge in [-0.05, 0) is 25.1 Å². The summed E-state index contributed by atoms with van der Waals surface area (Å²) in [5, 5.41) is 17.3. The fourth-order valence-electron chi connectivity index (χ4n) is 1.52. The van der Waals surface area contributed by atoms with E-state index in [4.69, 9.17) is 5.11 Å². The molecule has 98 valence electrons. The van der Waals surface area contributed by atoms with E-state index in [1.165, 1.54) is 18.3 Å². The molecule has 3 N–H and O–H groups in total. The Morgan fingerprint density at radius 2 is 2.16 bits per heavy atom. The second-order valence-electron chi connectivity index (χ2n) is 3.86. The molecule has 1 heterocycles. The summed E-state index contributed by atoms with van der Waals surface area (Å²) in [5.74, 6) is -2.56. The molecule has 1 aromatic heterocycles. The minimum absolute atomic E-state index is 0.0874. The largest absolute Gasteiger partial charge is 0.478 e. The van der Waals surface area contributed by atoms with Crippen LogP contribution < -0.4 is 5.32 Å². The topological polar surface area (TPSA) is 95.1 Å². The summed E-state index contributed by atoms with van der Waals surface area (Å²) in [7, 11) is 0. The third-order valence-electron chi connectivity index (χ3n) is 2.54. The quantitative estimate of drug-likeness (QED) is 0.787. The maximum atomic E-state index is 13.6.